The van der Waals surface area contributed by atoms with E-state index in [0.29, 0.717) is 18.4 Å². The molecule has 106 valence electrons. The van der Waals surface area contributed by atoms with Crippen LogP contribution >= 0.6 is 15.9 Å². The summed E-state index contributed by atoms with van der Waals surface area (Å²) in [6, 6.07) is 9.96. The molecule has 1 N–H and O–H groups in total. The Balaban J connectivity index is 1.91. The lowest BCUT2D eigenvalue weighted by atomic mass is 10.0. The Kier molecular flexibility index (Phi) is 5.78. The average molecular weight is 331 g/mol. The Bertz CT molecular complexity index is 373. The summed E-state index contributed by atoms with van der Waals surface area (Å²) < 4.78 is 16.6. The highest BCUT2D eigenvalue weighted by Crippen LogP contribution is 2.25. The molecule has 1 heterocycles. The average Bonchev–Trinajstić information content (AvgIpc) is 2.46. The fraction of sp³-hybridized carbons (Fsp3) is 0.571. The topological polar surface area (TPSA) is 47.9 Å². The summed E-state index contributed by atoms with van der Waals surface area (Å²) in [5.41, 5.74) is 1.11. The summed E-state index contributed by atoms with van der Waals surface area (Å²) in [4.78, 5) is 0. The predicted octanol–water partition coefficient (Wildman–Crippen LogP) is 2.09. The molecular weight excluding hydrogens is 312 g/mol. The molecule has 1 saturated heterocycles. The van der Waals surface area contributed by atoms with Crippen LogP contribution in [-0.2, 0) is 20.8 Å². The van der Waals surface area contributed by atoms with Crippen LogP contribution in [0.2, 0.25) is 0 Å². The van der Waals surface area contributed by atoms with Crippen LogP contribution in [0.1, 0.15) is 12.0 Å². The molecule has 0 aliphatic carbocycles. The van der Waals surface area contributed by atoms with E-state index >= 15 is 0 Å². The minimum Gasteiger partial charge on any atom is -0.388 e. The van der Waals surface area contributed by atoms with Crippen molar-refractivity contribution in [3.8, 4) is 0 Å². The van der Waals surface area contributed by atoms with E-state index in [2.05, 4.69) is 15.9 Å². The number of hydrogen-bond donors (Lipinski definition) is 1. The van der Waals surface area contributed by atoms with Crippen molar-refractivity contribution in [2.45, 2.75) is 37.6 Å². The van der Waals surface area contributed by atoms with Crippen LogP contribution in [0, 0.1) is 0 Å². The van der Waals surface area contributed by atoms with Gasteiger partial charge in [-0.25, -0.2) is 0 Å². The Labute approximate surface area is 121 Å². The second-order valence-electron chi connectivity index (χ2n) is 4.57. The number of aliphatic hydroxyl groups excluding tert-OH is 1. The van der Waals surface area contributed by atoms with Gasteiger partial charge in [-0.2, -0.15) is 0 Å². The lowest BCUT2D eigenvalue weighted by Gasteiger charge is -2.37. The van der Waals surface area contributed by atoms with Gasteiger partial charge in [0.1, 0.15) is 6.10 Å². The molecule has 1 aliphatic rings. The Hall–Kier alpha value is -0.460. The minimum atomic E-state index is -0.652. The van der Waals surface area contributed by atoms with Crippen LogP contribution in [0.15, 0.2) is 30.3 Å². The second kappa shape index (κ2) is 7.36. The molecule has 0 unspecified atom stereocenters. The Morgan fingerprint density at radius 1 is 1.37 bits per heavy atom. The highest BCUT2D eigenvalue weighted by Gasteiger charge is 2.37. The van der Waals surface area contributed by atoms with Gasteiger partial charge in [-0.3, -0.25) is 0 Å². The van der Waals surface area contributed by atoms with Gasteiger partial charge < -0.3 is 19.3 Å². The van der Waals surface area contributed by atoms with Gasteiger partial charge in [-0.05, 0) is 5.56 Å². The molecule has 0 bridgehead atoms. The zero-order valence-electron chi connectivity index (χ0n) is 10.9. The SMILES string of the molecule is CO[C@@H]1O[C@H](CBr)[C@@H](OCc2ccccc2)C[C@H]1O. The van der Waals surface area contributed by atoms with Crippen molar-refractivity contribution in [2.24, 2.45) is 0 Å². The molecule has 1 aliphatic heterocycles. The Morgan fingerprint density at radius 2 is 2.11 bits per heavy atom. The molecule has 0 spiro atoms. The van der Waals surface area contributed by atoms with Crippen LogP contribution in [-0.4, -0.2) is 42.1 Å². The first-order valence-electron chi connectivity index (χ1n) is 6.32. The van der Waals surface area contributed by atoms with E-state index < -0.39 is 12.4 Å². The first kappa shape index (κ1) is 14.9. The van der Waals surface area contributed by atoms with Crippen LogP contribution in [0.5, 0.6) is 0 Å². The number of hydrogen-bond acceptors (Lipinski definition) is 4. The van der Waals surface area contributed by atoms with E-state index in [1.807, 2.05) is 30.3 Å². The van der Waals surface area contributed by atoms with Gasteiger partial charge in [0, 0.05) is 18.9 Å². The van der Waals surface area contributed by atoms with Gasteiger partial charge in [0.05, 0.1) is 18.8 Å². The fourth-order valence-corrected chi connectivity index (χ4v) is 2.72. The van der Waals surface area contributed by atoms with Crippen LogP contribution in [0.3, 0.4) is 0 Å². The molecule has 1 fully saturated rings. The first-order chi connectivity index (χ1) is 9.24. The third-order valence-corrected chi connectivity index (χ3v) is 3.84. The standard InChI is InChI=1S/C14H19BrO4/c1-17-14-11(16)7-12(13(8-15)19-14)18-9-10-5-3-2-4-6-10/h2-6,11-14,16H,7-9H2,1H3/t11-,12+,13-,14-/m1/s1. The molecular formula is C14H19BrO4. The third kappa shape index (κ3) is 4.00. The molecule has 4 nitrogen and oxygen atoms in total. The first-order valence-corrected chi connectivity index (χ1v) is 7.44. The quantitative estimate of drug-likeness (QED) is 0.840. The molecule has 19 heavy (non-hydrogen) atoms. The molecule has 0 amide bonds. The molecule has 1 aromatic rings. The summed E-state index contributed by atoms with van der Waals surface area (Å²) in [5, 5.41) is 10.6. The van der Waals surface area contributed by atoms with Gasteiger partial charge in [-0.1, -0.05) is 46.3 Å². The lowest BCUT2D eigenvalue weighted by molar-refractivity contribution is -0.258. The Morgan fingerprint density at radius 3 is 2.74 bits per heavy atom. The van der Waals surface area contributed by atoms with E-state index in [-0.39, 0.29) is 12.2 Å². The number of aliphatic hydroxyl groups is 1. The largest absolute Gasteiger partial charge is 0.388 e. The van der Waals surface area contributed by atoms with Gasteiger partial charge in [0.15, 0.2) is 6.29 Å². The van der Waals surface area contributed by atoms with Gasteiger partial charge in [0.2, 0.25) is 0 Å². The van der Waals surface area contributed by atoms with Crippen molar-refractivity contribution in [2.75, 3.05) is 12.4 Å². The summed E-state index contributed by atoms with van der Waals surface area (Å²) in [5.74, 6) is 0. The maximum Gasteiger partial charge on any atom is 0.183 e. The van der Waals surface area contributed by atoms with Crippen LogP contribution in [0.25, 0.3) is 0 Å². The molecule has 0 saturated carbocycles. The second-order valence-corrected chi connectivity index (χ2v) is 5.22. The van der Waals surface area contributed by atoms with E-state index in [1.54, 1.807) is 0 Å². The number of ether oxygens (including phenoxy) is 3. The molecule has 1 aromatic carbocycles. The van der Waals surface area contributed by atoms with Gasteiger partial charge in [-0.15, -0.1) is 0 Å². The van der Waals surface area contributed by atoms with Crippen LogP contribution < -0.4 is 0 Å². The number of benzene rings is 1. The van der Waals surface area contributed by atoms with Crippen molar-refractivity contribution in [1.82, 2.24) is 0 Å². The molecule has 4 atom stereocenters. The fourth-order valence-electron chi connectivity index (χ4n) is 2.15. The van der Waals surface area contributed by atoms with E-state index in [1.165, 1.54) is 7.11 Å². The summed E-state index contributed by atoms with van der Waals surface area (Å²) >= 11 is 3.41. The summed E-state index contributed by atoms with van der Waals surface area (Å²) in [6.07, 6.45) is -0.958. The lowest BCUT2D eigenvalue weighted by Crippen LogP contribution is -2.49. The summed E-state index contributed by atoms with van der Waals surface area (Å²) in [7, 11) is 1.53. The van der Waals surface area contributed by atoms with E-state index in [4.69, 9.17) is 14.2 Å². The molecule has 0 radical (unpaired) electrons. The predicted molar refractivity (Wildman–Crippen MR) is 75.1 cm³/mol. The molecule has 0 aromatic heterocycles. The van der Waals surface area contributed by atoms with Crippen LogP contribution in [0.4, 0.5) is 0 Å². The van der Waals surface area contributed by atoms with Crippen molar-refractivity contribution < 1.29 is 19.3 Å². The highest BCUT2D eigenvalue weighted by atomic mass is 79.9. The highest BCUT2D eigenvalue weighted by molar-refractivity contribution is 9.09. The minimum absolute atomic E-state index is 0.114. The molecule has 5 heteroatoms. The smallest absolute Gasteiger partial charge is 0.183 e. The zero-order valence-corrected chi connectivity index (χ0v) is 12.5. The number of alkyl halides is 1. The molecule has 2 rings (SSSR count). The third-order valence-electron chi connectivity index (χ3n) is 3.20. The maximum absolute atomic E-state index is 9.90. The normalized spacial score (nSPS) is 31.3. The number of halogens is 1. The monoisotopic (exact) mass is 330 g/mol. The number of rotatable bonds is 5. The van der Waals surface area contributed by atoms with Crippen molar-refractivity contribution >= 4 is 15.9 Å². The zero-order chi connectivity index (χ0) is 13.7. The van der Waals surface area contributed by atoms with Gasteiger partial charge in [0.25, 0.3) is 0 Å². The van der Waals surface area contributed by atoms with Crippen molar-refractivity contribution in [1.29, 1.82) is 0 Å². The maximum atomic E-state index is 9.90. The number of methoxy groups -OCH3 is 1. The van der Waals surface area contributed by atoms with E-state index in [9.17, 15) is 5.11 Å². The van der Waals surface area contributed by atoms with E-state index in [0.717, 1.165) is 5.56 Å². The van der Waals surface area contributed by atoms with Crippen molar-refractivity contribution in [3.63, 3.8) is 0 Å². The summed E-state index contributed by atoms with van der Waals surface area (Å²) in [6.45, 7) is 0.517. The van der Waals surface area contributed by atoms with Gasteiger partial charge >= 0.3 is 0 Å². The van der Waals surface area contributed by atoms with Crippen molar-refractivity contribution in [3.05, 3.63) is 35.9 Å².